The summed E-state index contributed by atoms with van der Waals surface area (Å²) in [4.78, 5) is 15.0. The molecule has 1 saturated heterocycles. The highest BCUT2D eigenvalue weighted by molar-refractivity contribution is 5.88. The van der Waals surface area contributed by atoms with Crippen LogP contribution in [0.2, 0.25) is 0 Å². The van der Waals surface area contributed by atoms with Crippen LogP contribution in [0.1, 0.15) is 15.9 Å². The molecule has 168 valence electrons. The third kappa shape index (κ3) is 6.56. The second kappa shape index (κ2) is 10.5. The molecule has 10 heteroatoms. The van der Waals surface area contributed by atoms with E-state index in [1.54, 1.807) is 24.3 Å². The molecule has 3 rings (SSSR count). The fourth-order valence-electron chi connectivity index (χ4n) is 3.56. The summed E-state index contributed by atoms with van der Waals surface area (Å²) in [5, 5.41) is 9.05. The van der Waals surface area contributed by atoms with E-state index in [1.165, 1.54) is 24.3 Å². The maximum Gasteiger partial charge on any atom is 0.387 e. The fourth-order valence-corrected chi connectivity index (χ4v) is 3.56. The third-order valence-electron chi connectivity index (χ3n) is 4.98. The quantitative estimate of drug-likeness (QED) is 0.594. The van der Waals surface area contributed by atoms with E-state index in [0.717, 1.165) is 11.3 Å². The first kappa shape index (κ1) is 22.8. The first-order valence-corrected chi connectivity index (χ1v) is 9.57. The van der Waals surface area contributed by atoms with E-state index in [-0.39, 0.29) is 24.0 Å². The van der Waals surface area contributed by atoms with Crippen LogP contribution in [-0.2, 0) is 11.3 Å². The number of aromatic carboxylic acids is 1. The first-order chi connectivity index (χ1) is 14.8. The number of anilines is 1. The standard InChI is InChI=1S/C21H22F4N2O4/c22-20(23)30-13-17-12-26(11-14-1-7-18(8-2-14)31-21(24)25)9-10-27(17)16-5-3-15(4-6-16)19(28)29/h1-8,17,20-21H,9-13H2,(H,28,29)/t17-/m0/s1. The molecular weight excluding hydrogens is 420 g/mol. The van der Waals surface area contributed by atoms with Crippen molar-refractivity contribution in [3.8, 4) is 5.75 Å². The van der Waals surface area contributed by atoms with Gasteiger partial charge >= 0.3 is 19.2 Å². The van der Waals surface area contributed by atoms with Gasteiger partial charge in [0.05, 0.1) is 18.2 Å². The van der Waals surface area contributed by atoms with Crippen molar-refractivity contribution in [1.82, 2.24) is 4.90 Å². The zero-order valence-corrected chi connectivity index (χ0v) is 16.5. The van der Waals surface area contributed by atoms with Gasteiger partial charge in [0.25, 0.3) is 0 Å². The fraction of sp³-hybridized carbons (Fsp3) is 0.381. The van der Waals surface area contributed by atoms with Gasteiger partial charge in [0.2, 0.25) is 0 Å². The molecule has 0 spiro atoms. The lowest BCUT2D eigenvalue weighted by atomic mass is 10.1. The summed E-state index contributed by atoms with van der Waals surface area (Å²) in [5.74, 6) is -0.976. The highest BCUT2D eigenvalue weighted by Crippen LogP contribution is 2.24. The number of benzene rings is 2. The maximum atomic E-state index is 12.6. The van der Waals surface area contributed by atoms with Crippen LogP contribution in [0.4, 0.5) is 23.2 Å². The topological polar surface area (TPSA) is 62.2 Å². The molecule has 0 saturated carbocycles. The second-order valence-electron chi connectivity index (χ2n) is 7.05. The van der Waals surface area contributed by atoms with Crippen molar-refractivity contribution < 1.29 is 36.9 Å². The Morgan fingerprint density at radius 3 is 2.26 bits per heavy atom. The summed E-state index contributed by atoms with van der Waals surface area (Å²) >= 11 is 0. The molecule has 0 bridgehead atoms. The van der Waals surface area contributed by atoms with Gasteiger partial charge in [-0.15, -0.1) is 0 Å². The van der Waals surface area contributed by atoms with Crippen molar-refractivity contribution in [2.24, 2.45) is 0 Å². The largest absolute Gasteiger partial charge is 0.478 e. The number of hydrogen-bond acceptors (Lipinski definition) is 5. The van der Waals surface area contributed by atoms with Crippen molar-refractivity contribution in [2.45, 2.75) is 25.8 Å². The zero-order chi connectivity index (χ0) is 22.4. The number of rotatable bonds is 9. The van der Waals surface area contributed by atoms with Crippen LogP contribution in [0.5, 0.6) is 5.75 Å². The molecule has 31 heavy (non-hydrogen) atoms. The molecule has 1 aliphatic heterocycles. The van der Waals surface area contributed by atoms with E-state index in [9.17, 15) is 22.4 Å². The second-order valence-corrected chi connectivity index (χ2v) is 7.05. The van der Waals surface area contributed by atoms with Gasteiger partial charge in [-0.2, -0.15) is 17.6 Å². The predicted molar refractivity (Wildman–Crippen MR) is 105 cm³/mol. The summed E-state index contributed by atoms with van der Waals surface area (Å²) in [6, 6.07) is 12.1. The van der Waals surface area contributed by atoms with Crippen LogP contribution in [0.25, 0.3) is 0 Å². The summed E-state index contributed by atoms with van der Waals surface area (Å²) in [5.41, 5.74) is 1.73. The first-order valence-electron chi connectivity index (χ1n) is 9.57. The average Bonchev–Trinajstić information content (AvgIpc) is 2.73. The Hall–Kier alpha value is -2.85. The number of halogens is 4. The molecule has 0 unspecified atom stereocenters. The lowest BCUT2D eigenvalue weighted by Crippen LogP contribution is -2.55. The van der Waals surface area contributed by atoms with Gasteiger partial charge < -0.3 is 19.5 Å². The van der Waals surface area contributed by atoms with Gasteiger partial charge in [0.15, 0.2) is 0 Å². The van der Waals surface area contributed by atoms with Crippen molar-refractivity contribution in [1.29, 1.82) is 0 Å². The highest BCUT2D eigenvalue weighted by atomic mass is 19.3. The van der Waals surface area contributed by atoms with Gasteiger partial charge in [-0.25, -0.2) is 4.79 Å². The Morgan fingerprint density at radius 1 is 1.00 bits per heavy atom. The summed E-state index contributed by atoms with van der Waals surface area (Å²) in [7, 11) is 0. The smallest absolute Gasteiger partial charge is 0.387 e. The van der Waals surface area contributed by atoms with E-state index in [0.29, 0.717) is 26.2 Å². The van der Waals surface area contributed by atoms with Crippen LogP contribution in [-0.4, -0.2) is 61.5 Å². The minimum absolute atomic E-state index is 0.0663. The summed E-state index contributed by atoms with van der Waals surface area (Å²) < 4.78 is 58.7. The number of alkyl halides is 4. The Labute approximate surface area is 176 Å². The number of ether oxygens (including phenoxy) is 2. The Morgan fingerprint density at radius 2 is 1.68 bits per heavy atom. The number of piperazine rings is 1. The molecule has 0 aromatic heterocycles. The minimum Gasteiger partial charge on any atom is -0.478 e. The van der Waals surface area contributed by atoms with E-state index in [2.05, 4.69) is 14.4 Å². The monoisotopic (exact) mass is 442 g/mol. The SMILES string of the molecule is O=C(O)c1ccc(N2CCN(Cc3ccc(OC(F)F)cc3)C[C@H]2COC(F)F)cc1. The summed E-state index contributed by atoms with van der Waals surface area (Å²) in [6.45, 7) is -3.89. The van der Waals surface area contributed by atoms with E-state index < -0.39 is 19.2 Å². The van der Waals surface area contributed by atoms with Gasteiger partial charge in [-0.1, -0.05) is 12.1 Å². The van der Waals surface area contributed by atoms with Crippen LogP contribution in [0, 0.1) is 0 Å². The van der Waals surface area contributed by atoms with Crippen LogP contribution in [0.15, 0.2) is 48.5 Å². The molecule has 0 radical (unpaired) electrons. The molecule has 1 heterocycles. The molecule has 1 N–H and O–H groups in total. The van der Waals surface area contributed by atoms with Gasteiger partial charge in [-0.3, -0.25) is 4.90 Å². The van der Waals surface area contributed by atoms with E-state index in [4.69, 9.17) is 5.11 Å². The molecular formula is C21H22F4N2O4. The Bertz CT molecular complexity index is 849. The molecule has 0 aliphatic carbocycles. The number of hydrogen-bond donors (Lipinski definition) is 1. The van der Waals surface area contributed by atoms with E-state index in [1.807, 2.05) is 4.90 Å². The molecule has 2 aromatic rings. The summed E-state index contributed by atoms with van der Waals surface area (Å²) in [6.07, 6.45) is 0. The van der Waals surface area contributed by atoms with Crippen LogP contribution < -0.4 is 9.64 Å². The van der Waals surface area contributed by atoms with Gasteiger partial charge in [-0.05, 0) is 42.0 Å². The van der Waals surface area contributed by atoms with Crippen molar-refractivity contribution in [3.05, 3.63) is 59.7 Å². The molecule has 2 aromatic carbocycles. The third-order valence-corrected chi connectivity index (χ3v) is 4.98. The zero-order valence-electron chi connectivity index (χ0n) is 16.5. The van der Waals surface area contributed by atoms with E-state index >= 15 is 0 Å². The van der Waals surface area contributed by atoms with Crippen molar-refractivity contribution in [3.63, 3.8) is 0 Å². The number of carbonyl (C=O) groups is 1. The number of nitrogens with zero attached hydrogens (tertiary/aromatic N) is 2. The van der Waals surface area contributed by atoms with Crippen LogP contribution in [0.3, 0.4) is 0 Å². The molecule has 0 amide bonds. The van der Waals surface area contributed by atoms with Crippen molar-refractivity contribution in [2.75, 3.05) is 31.1 Å². The average molecular weight is 442 g/mol. The van der Waals surface area contributed by atoms with Gasteiger partial charge in [0, 0.05) is 31.9 Å². The molecule has 1 fully saturated rings. The molecule has 1 aliphatic rings. The lowest BCUT2D eigenvalue weighted by Gasteiger charge is -2.42. The van der Waals surface area contributed by atoms with Crippen molar-refractivity contribution >= 4 is 11.7 Å². The highest BCUT2D eigenvalue weighted by Gasteiger charge is 2.28. The molecule has 6 nitrogen and oxygen atoms in total. The van der Waals surface area contributed by atoms with Crippen LogP contribution >= 0.6 is 0 Å². The minimum atomic E-state index is -2.89. The normalized spacial score (nSPS) is 17.4. The Kier molecular flexibility index (Phi) is 7.69. The lowest BCUT2D eigenvalue weighted by molar-refractivity contribution is -0.134. The maximum absolute atomic E-state index is 12.6. The number of carboxylic acids is 1. The molecule has 1 atom stereocenters. The number of carboxylic acid groups (broad SMARTS) is 1. The Balaban J connectivity index is 1.67. The predicted octanol–water partition coefficient (Wildman–Crippen LogP) is 3.92. The van der Waals surface area contributed by atoms with Gasteiger partial charge in [0.1, 0.15) is 5.75 Å².